The van der Waals surface area contributed by atoms with Crippen molar-refractivity contribution in [3.05, 3.63) is 42.5 Å². The molecule has 94 valence electrons. The number of hydrogen-bond donors (Lipinski definition) is 2. The third-order valence-electron chi connectivity index (χ3n) is 2.49. The van der Waals surface area contributed by atoms with Crippen molar-refractivity contribution in [3.8, 4) is 11.1 Å². The van der Waals surface area contributed by atoms with Crippen LogP contribution in [0, 0.1) is 5.82 Å². The first kappa shape index (κ1) is 12.4. The molecule has 2 aromatic rings. The lowest BCUT2D eigenvalue weighted by atomic mass is 10.1. The summed E-state index contributed by atoms with van der Waals surface area (Å²) >= 11 is 0. The second-order valence-corrected chi connectivity index (χ2v) is 3.81. The first-order valence-corrected chi connectivity index (χ1v) is 5.76. The molecule has 0 aliphatic rings. The van der Waals surface area contributed by atoms with Crippen LogP contribution in [0.25, 0.3) is 11.1 Å². The van der Waals surface area contributed by atoms with Gasteiger partial charge in [-0.15, -0.1) is 0 Å². The molecule has 1 aromatic heterocycles. The number of benzene rings is 1. The average molecular weight is 246 g/mol. The molecular weight excluding hydrogens is 231 g/mol. The van der Waals surface area contributed by atoms with Crippen molar-refractivity contribution >= 4 is 5.95 Å². The lowest BCUT2D eigenvalue weighted by molar-refractivity contribution is 0.631. The van der Waals surface area contributed by atoms with Gasteiger partial charge in [0, 0.05) is 36.6 Å². The van der Waals surface area contributed by atoms with E-state index in [1.807, 2.05) is 7.05 Å². The van der Waals surface area contributed by atoms with E-state index in [1.165, 1.54) is 6.07 Å². The van der Waals surface area contributed by atoms with Gasteiger partial charge in [0.25, 0.3) is 0 Å². The van der Waals surface area contributed by atoms with Crippen LogP contribution in [0.3, 0.4) is 0 Å². The Balaban J connectivity index is 2.10. The van der Waals surface area contributed by atoms with Crippen molar-refractivity contribution in [1.29, 1.82) is 0 Å². The van der Waals surface area contributed by atoms with E-state index in [4.69, 9.17) is 0 Å². The maximum Gasteiger partial charge on any atom is 0.222 e. The number of aromatic nitrogens is 2. The zero-order valence-electron chi connectivity index (χ0n) is 10.2. The molecule has 18 heavy (non-hydrogen) atoms. The summed E-state index contributed by atoms with van der Waals surface area (Å²) in [5.41, 5.74) is 1.19. The van der Waals surface area contributed by atoms with Crippen LogP contribution in [0.5, 0.6) is 0 Å². The third-order valence-corrected chi connectivity index (χ3v) is 2.49. The largest absolute Gasteiger partial charge is 0.353 e. The molecule has 0 saturated carbocycles. The molecule has 0 atom stereocenters. The topological polar surface area (TPSA) is 49.8 Å². The van der Waals surface area contributed by atoms with E-state index in [0.717, 1.165) is 13.1 Å². The van der Waals surface area contributed by atoms with Crippen molar-refractivity contribution in [1.82, 2.24) is 15.3 Å². The van der Waals surface area contributed by atoms with Crippen LogP contribution in [0.2, 0.25) is 0 Å². The number of halogens is 1. The van der Waals surface area contributed by atoms with E-state index in [9.17, 15) is 4.39 Å². The monoisotopic (exact) mass is 246 g/mol. The summed E-state index contributed by atoms with van der Waals surface area (Å²) in [6, 6.07) is 6.58. The number of rotatable bonds is 5. The first-order valence-electron chi connectivity index (χ1n) is 5.76. The van der Waals surface area contributed by atoms with E-state index < -0.39 is 0 Å². The van der Waals surface area contributed by atoms with Crippen LogP contribution in [0.1, 0.15) is 0 Å². The van der Waals surface area contributed by atoms with Crippen LogP contribution in [0.4, 0.5) is 10.3 Å². The minimum Gasteiger partial charge on any atom is -0.353 e. The van der Waals surface area contributed by atoms with Crippen molar-refractivity contribution < 1.29 is 4.39 Å². The van der Waals surface area contributed by atoms with Gasteiger partial charge in [0.05, 0.1) is 0 Å². The number of nitrogens with one attached hydrogen (secondary N) is 2. The second kappa shape index (κ2) is 6.07. The summed E-state index contributed by atoms with van der Waals surface area (Å²) in [5.74, 6) is 0.280. The van der Waals surface area contributed by atoms with Crippen molar-refractivity contribution in [2.45, 2.75) is 0 Å². The Hall–Kier alpha value is -2.01. The van der Waals surface area contributed by atoms with Gasteiger partial charge in [-0.2, -0.15) is 0 Å². The SMILES string of the molecule is CNCCNc1ncc(-c2ccccc2F)cn1. The van der Waals surface area contributed by atoms with Crippen LogP contribution >= 0.6 is 0 Å². The Morgan fingerprint density at radius 3 is 2.50 bits per heavy atom. The Morgan fingerprint density at radius 2 is 1.83 bits per heavy atom. The molecule has 1 heterocycles. The minimum atomic E-state index is -0.267. The van der Waals surface area contributed by atoms with Gasteiger partial charge in [-0.25, -0.2) is 14.4 Å². The molecule has 4 nitrogen and oxygen atoms in total. The number of anilines is 1. The van der Waals surface area contributed by atoms with E-state index in [2.05, 4.69) is 20.6 Å². The lowest BCUT2D eigenvalue weighted by Gasteiger charge is -2.05. The van der Waals surface area contributed by atoms with Crippen molar-refractivity contribution in [2.75, 3.05) is 25.5 Å². The van der Waals surface area contributed by atoms with Crippen LogP contribution in [-0.4, -0.2) is 30.1 Å². The Bertz CT molecular complexity index is 499. The van der Waals surface area contributed by atoms with Crippen LogP contribution in [-0.2, 0) is 0 Å². The zero-order chi connectivity index (χ0) is 12.8. The smallest absolute Gasteiger partial charge is 0.222 e. The zero-order valence-corrected chi connectivity index (χ0v) is 10.2. The van der Waals surface area contributed by atoms with Gasteiger partial charge in [-0.3, -0.25) is 0 Å². The summed E-state index contributed by atoms with van der Waals surface area (Å²) in [6.45, 7) is 1.58. The standard InChI is InChI=1S/C13H15FN4/c1-15-6-7-16-13-17-8-10(9-18-13)11-4-2-3-5-12(11)14/h2-5,8-9,15H,6-7H2,1H3,(H,16,17,18). The van der Waals surface area contributed by atoms with Crippen LogP contribution < -0.4 is 10.6 Å². The predicted molar refractivity (Wildman–Crippen MR) is 69.8 cm³/mol. The van der Waals surface area contributed by atoms with Gasteiger partial charge >= 0.3 is 0 Å². The van der Waals surface area contributed by atoms with Gasteiger partial charge in [-0.1, -0.05) is 18.2 Å². The van der Waals surface area contributed by atoms with Crippen molar-refractivity contribution in [3.63, 3.8) is 0 Å². The minimum absolute atomic E-state index is 0.267. The summed E-state index contributed by atoms with van der Waals surface area (Å²) in [5, 5.41) is 6.08. The normalized spacial score (nSPS) is 10.3. The molecule has 0 aliphatic carbocycles. The highest BCUT2D eigenvalue weighted by molar-refractivity contribution is 5.62. The molecule has 1 aromatic carbocycles. The lowest BCUT2D eigenvalue weighted by Crippen LogP contribution is -2.18. The first-order chi connectivity index (χ1) is 8.81. The van der Waals surface area contributed by atoms with Gasteiger partial charge in [0.2, 0.25) is 5.95 Å². The maximum absolute atomic E-state index is 13.5. The maximum atomic E-state index is 13.5. The van der Waals surface area contributed by atoms with Gasteiger partial charge in [-0.05, 0) is 13.1 Å². The fourth-order valence-electron chi connectivity index (χ4n) is 1.55. The highest BCUT2D eigenvalue weighted by Crippen LogP contribution is 2.21. The molecular formula is C13H15FN4. The van der Waals surface area contributed by atoms with E-state index >= 15 is 0 Å². The summed E-state index contributed by atoms with van der Waals surface area (Å²) in [7, 11) is 1.88. The van der Waals surface area contributed by atoms with E-state index in [1.54, 1.807) is 30.6 Å². The van der Waals surface area contributed by atoms with Gasteiger partial charge < -0.3 is 10.6 Å². The molecule has 0 fully saturated rings. The fraction of sp³-hybridized carbons (Fsp3) is 0.231. The quantitative estimate of drug-likeness (QED) is 0.791. The molecule has 2 rings (SSSR count). The molecule has 0 saturated heterocycles. The number of nitrogens with zero attached hydrogens (tertiary/aromatic N) is 2. The summed E-state index contributed by atoms with van der Waals surface area (Å²) < 4.78 is 13.5. The molecule has 0 radical (unpaired) electrons. The molecule has 2 N–H and O–H groups in total. The summed E-state index contributed by atoms with van der Waals surface area (Å²) in [6.07, 6.45) is 3.24. The Morgan fingerprint density at radius 1 is 1.11 bits per heavy atom. The fourth-order valence-corrected chi connectivity index (χ4v) is 1.55. The highest BCUT2D eigenvalue weighted by atomic mass is 19.1. The average Bonchev–Trinajstić information content (AvgIpc) is 2.41. The number of hydrogen-bond acceptors (Lipinski definition) is 4. The van der Waals surface area contributed by atoms with E-state index in [-0.39, 0.29) is 5.82 Å². The highest BCUT2D eigenvalue weighted by Gasteiger charge is 2.04. The second-order valence-electron chi connectivity index (χ2n) is 3.81. The molecule has 0 unspecified atom stereocenters. The molecule has 0 amide bonds. The van der Waals surface area contributed by atoms with Crippen molar-refractivity contribution in [2.24, 2.45) is 0 Å². The molecule has 5 heteroatoms. The third kappa shape index (κ3) is 3.01. The van der Waals surface area contributed by atoms with Crippen LogP contribution in [0.15, 0.2) is 36.7 Å². The molecule has 0 spiro atoms. The van der Waals surface area contributed by atoms with Gasteiger partial charge in [0.15, 0.2) is 0 Å². The predicted octanol–water partition coefficient (Wildman–Crippen LogP) is 1.91. The Kier molecular flexibility index (Phi) is 4.20. The van der Waals surface area contributed by atoms with Gasteiger partial charge in [0.1, 0.15) is 5.82 Å². The number of likely N-dealkylation sites (N-methyl/N-ethyl adjacent to an activating group) is 1. The Labute approximate surface area is 105 Å². The molecule has 0 aliphatic heterocycles. The van der Waals surface area contributed by atoms with E-state index in [0.29, 0.717) is 17.1 Å². The molecule has 0 bridgehead atoms. The summed E-state index contributed by atoms with van der Waals surface area (Å²) in [4.78, 5) is 8.30.